The molecule has 0 bridgehead atoms. The van der Waals surface area contributed by atoms with Crippen LogP contribution in [0.25, 0.3) is 0 Å². The van der Waals surface area contributed by atoms with E-state index in [0.29, 0.717) is 30.6 Å². The van der Waals surface area contributed by atoms with Gasteiger partial charge in [-0.1, -0.05) is 11.8 Å². The van der Waals surface area contributed by atoms with E-state index in [1.807, 2.05) is 0 Å². The molecule has 1 atom stereocenters. The van der Waals surface area contributed by atoms with Gasteiger partial charge >= 0.3 is 0 Å². The number of rotatable bonds is 9. The Bertz CT molecular complexity index is 436. The molecule has 1 aromatic rings. The third kappa shape index (κ3) is 5.60. The van der Waals surface area contributed by atoms with Crippen molar-refractivity contribution in [1.29, 1.82) is 0 Å². The summed E-state index contributed by atoms with van der Waals surface area (Å²) in [6.07, 6.45) is 3.10. The summed E-state index contributed by atoms with van der Waals surface area (Å²) < 4.78 is 12.2. The number of hydrogen-bond donors (Lipinski definition) is 1. The predicted octanol–water partition coefficient (Wildman–Crippen LogP) is 0.0969. The Morgan fingerprint density at radius 1 is 1.62 bits per heavy atom. The number of tetrazole rings is 1. The molecule has 1 saturated heterocycles. The van der Waals surface area contributed by atoms with Gasteiger partial charge in [0.25, 0.3) is 0 Å². The largest absolute Gasteiger partial charge is 0.385 e. The van der Waals surface area contributed by atoms with Crippen molar-refractivity contribution in [2.24, 2.45) is 0 Å². The van der Waals surface area contributed by atoms with Crippen LogP contribution >= 0.6 is 11.8 Å². The first-order chi connectivity index (χ1) is 10.3. The number of aromatic nitrogens is 4. The Morgan fingerprint density at radius 3 is 3.29 bits per heavy atom. The van der Waals surface area contributed by atoms with E-state index in [-0.39, 0.29) is 12.0 Å². The van der Waals surface area contributed by atoms with E-state index in [1.165, 1.54) is 11.8 Å². The zero-order valence-electron chi connectivity index (χ0n) is 12.2. The van der Waals surface area contributed by atoms with E-state index in [1.54, 1.807) is 11.8 Å². The summed E-state index contributed by atoms with van der Waals surface area (Å²) in [6, 6.07) is 0. The van der Waals surface area contributed by atoms with Crippen molar-refractivity contribution >= 4 is 17.7 Å². The molecule has 1 unspecified atom stereocenters. The van der Waals surface area contributed by atoms with Crippen LogP contribution in [0.1, 0.15) is 19.3 Å². The molecule has 0 spiro atoms. The second kappa shape index (κ2) is 8.96. The van der Waals surface area contributed by atoms with Gasteiger partial charge in [0.05, 0.1) is 18.4 Å². The molecule has 0 radical (unpaired) electrons. The molecule has 1 N–H and O–H groups in total. The van der Waals surface area contributed by atoms with Crippen molar-refractivity contribution in [3.8, 4) is 0 Å². The van der Waals surface area contributed by atoms with Crippen molar-refractivity contribution < 1.29 is 14.3 Å². The molecule has 0 saturated carbocycles. The van der Waals surface area contributed by atoms with Gasteiger partial charge in [0.2, 0.25) is 11.1 Å². The molecule has 21 heavy (non-hydrogen) atoms. The summed E-state index contributed by atoms with van der Waals surface area (Å²) in [4.78, 5) is 11.7. The SMILES string of the molecule is COCCCNC(=O)CSc1nnnn1CC1CCCO1. The summed E-state index contributed by atoms with van der Waals surface area (Å²) in [5.41, 5.74) is 0. The quantitative estimate of drug-likeness (QED) is 0.510. The lowest BCUT2D eigenvalue weighted by Gasteiger charge is -2.10. The van der Waals surface area contributed by atoms with E-state index in [0.717, 1.165) is 25.9 Å². The van der Waals surface area contributed by atoms with Crippen LogP contribution in [0, 0.1) is 0 Å². The topological polar surface area (TPSA) is 91.2 Å². The van der Waals surface area contributed by atoms with Gasteiger partial charge in [-0.3, -0.25) is 4.79 Å². The highest BCUT2D eigenvalue weighted by Gasteiger charge is 2.19. The van der Waals surface area contributed by atoms with Crippen LogP contribution in [0.3, 0.4) is 0 Å². The maximum Gasteiger partial charge on any atom is 0.230 e. The van der Waals surface area contributed by atoms with Gasteiger partial charge in [-0.2, -0.15) is 0 Å². The lowest BCUT2D eigenvalue weighted by molar-refractivity contribution is -0.118. The minimum atomic E-state index is -0.0252. The highest BCUT2D eigenvalue weighted by atomic mass is 32.2. The predicted molar refractivity (Wildman–Crippen MR) is 77.0 cm³/mol. The number of carbonyl (C=O) groups is 1. The lowest BCUT2D eigenvalue weighted by atomic mass is 10.2. The van der Waals surface area contributed by atoms with E-state index in [9.17, 15) is 4.79 Å². The normalized spacial score (nSPS) is 18.0. The Balaban J connectivity index is 1.70. The molecule has 8 nitrogen and oxygen atoms in total. The molecular weight excluding hydrogens is 294 g/mol. The average Bonchev–Trinajstić information content (AvgIpc) is 3.14. The lowest BCUT2D eigenvalue weighted by Crippen LogP contribution is -2.27. The van der Waals surface area contributed by atoms with Gasteiger partial charge in [0, 0.05) is 26.9 Å². The monoisotopic (exact) mass is 315 g/mol. The molecule has 1 amide bonds. The van der Waals surface area contributed by atoms with Gasteiger partial charge in [0.15, 0.2) is 0 Å². The van der Waals surface area contributed by atoms with Gasteiger partial charge in [-0.25, -0.2) is 4.68 Å². The third-order valence-corrected chi connectivity index (χ3v) is 4.04. The van der Waals surface area contributed by atoms with Gasteiger partial charge < -0.3 is 14.8 Å². The Labute approximate surface area is 127 Å². The second-order valence-corrected chi connectivity index (χ2v) is 5.71. The van der Waals surface area contributed by atoms with Crippen molar-refractivity contribution in [2.75, 3.05) is 32.6 Å². The number of carbonyl (C=O) groups excluding carboxylic acids is 1. The van der Waals surface area contributed by atoms with Crippen LogP contribution in [-0.4, -0.2) is 64.8 Å². The van der Waals surface area contributed by atoms with Crippen molar-refractivity contribution in [1.82, 2.24) is 25.5 Å². The minimum absolute atomic E-state index is 0.0252. The van der Waals surface area contributed by atoms with Crippen molar-refractivity contribution in [3.63, 3.8) is 0 Å². The summed E-state index contributed by atoms with van der Waals surface area (Å²) in [5.74, 6) is 0.279. The van der Waals surface area contributed by atoms with Crippen LogP contribution in [0.2, 0.25) is 0 Å². The molecule has 1 aliphatic heterocycles. The minimum Gasteiger partial charge on any atom is -0.385 e. The summed E-state index contributed by atoms with van der Waals surface area (Å²) in [5, 5.41) is 15.0. The zero-order chi connectivity index (χ0) is 14.9. The Hall–Kier alpha value is -1.19. The number of nitrogens with zero attached hydrogens (tertiary/aromatic N) is 4. The molecule has 0 aromatic carbocycles. The van der Waals surface area contributed by atoms with E-state index < -0.39 is 0 Å². The highest BCUT2D eigenvalue weighted by molar-refractivity contribution is 7.99. The molecule has 2 heterocycles. The number of amides is 1. The van der Waals surface area contributed by atoms with Crippen LogP contribution in [0.4, 0.5) is 0 Å². The molecular formula is C12H21N5O3S. The maximum absolute atomic E-state index is 11.7. The van der Waals surface area contributed by atoms with Crippen LogP contribution in [0.15, 0.2) is 5.16 Å². The standard InChI is InChI=1S/C12H21N5O3S/c1-19-6-3-5-13-11(18)9-21-12-14-15-16-17(12)8-10-4-2-7-20-10/h10H,2-9H2,1H3,(H,13,18). The average molecular weight is 315 g/mol. The zero-order valence-corrected chi connectivity index (χ0v) is 13.0. The number of thioether (sulfide) groups is 1. The van der Waals surface area contributed by atoms with E-state index in [2.05, 4.69) is 20.8 Å². The van der Waals surface area contributed by atoms with E-state index in [4.69, 9.17) is 9.47 Å². The first kappa shape index (κ1) is 16.2. The summed E-state index contributed by atoms with van der Waals surface area (Å²) in [7, 11) is 1.64. The number of nitrogens with one attached hydrogen (secondary N) is 1. The molecule has 0 aliphatic carbocycles. The molecule has 9 heteroatoms. The Kier molecular flexibility index (Phi) is 6.90. The second-order valence-electron chi connectivity index (χ2n) is 4.76. The summed E-state index contributed by atoms with van der Waals surface area (Å²) >= 11 is 1.34. The summed E-state index contributed by atoms with van der Waals surface area (Å²) in [6.45, 7) is 2.71. The highest BCUT2D eigenvalue weighted by Crippen LogP contribution is 2.18. The first-order valence-electron chi connectivity index (χ1n) is 7.06. The molecule has 118 valence electrons. The molecule has 1 fully saturated rings. The molecule has 1 aromatic heterocycles. The van der Waals surface area contributed by atoms with Crippen LogP contribution in [-0.2, 0) is 20.8 Å². The number of methoxy groups -OCH3 is 1. The fourth-order valence-corrected chi connectivity index (χ4v) is 2.74. The third-order valence-electron chi connectivity index (χ3n) is 3.08. The molecule has 1 aliphatic rings. The van der Waals surface area contributed by atoms with Gasteiger partial charge in [0.1, 0.15) is 0 Å². The Morgan fingerprint density at radius 2 is 2.52 bits per heavy atom. The van der Waals surface area contributed by atoms with Crippen LogP contribution < -0.4 is 5.32 Å². The smallest absolute Gasteiger partial charge is 0.230 e. The fourth-order valence-electron chi connectivity index (χ4n) is 2.02. The maximum atomic E-state index is 11.7. The molecule has 2 rings (SSSR count). The first-order valence-corrected chi connectivity index (χ1v) is 8.04. The van der Waals surface area contributed by atoms with Gasteiger partial charge in [-0.05, 0) is 29.7 Å². The fraction of sp³-hybridized carbons (Fsp3) is 0.833. The van der Waals surface area contributed by atoms with Gasteiger partial charge in [-0.15, -0.1) is 5.10 Å². The number of hydrogen-bond acceptors (Lipinski definition) is 7. The van der Waals surface area contributed by atoms with Crippen LogP contribution in [0.5, 0.6) is 0 Å². The van der Waals surface area contributed by atoms with Crippen molar-refractivity contribution in [2.45, 2.75) is 37.1 Å². The number of ether oxygens (including phenoxy) is 2. The van der Waals surface area contributed by atoms with Crippen molar-refractivity contribution in [3.05, 3.63) is 0 Å². The van der Waals surface area contributed by atoms with E-state index >= 15 is 0 Å².